The lowest BCUT2D eigenvalue weighted by Crippen LogP contribution is -2.54. The van der Waals surface area contributed by atoms with E-state index in [9.17, 15) is 4.79 Å². The molecule has 0 spiro atoms. The van der Waals surface area contributed by atoms with E-state index in [0.29, 0.717) is 19.3 Å². The van der Waals surface area contributed by atoms with Crippen LogP contribution in [0.3, 0.4) is 0 Å². The monoisotopic (exact) mass is 215 g/mol. The molecule has 0 radical (unpaired) electrons. The molecule has 88 valence electrons. The van der Waals surface area contributed by atoms with Crippen LogP contribution < -0.4 is 5.32 Å². The topological polar surface area (TPSA) is 47.6 Å². The number of carbonyl (C=O) groups is 1. The Morgan fingerprint density at radius 3 is 2.67 bits per heavy atom. The Balaban J connectivity index is 2.45. The number of nitrogens with one attached hydrogen (secondary N) is 1. The highest BCUT2D eigenvalue weighted by molar-refractivity contribution is 5.80. The first kappa shape index (κ1) is 12.5. The van der Waals surface area contributed by atoms with Gasteiger partial charge in [0.25, 0.3) is 0 Å². The fourth-order valence-corrected chi connectivity index (χ4v) is 1.48. The molecule has 0 heterocycles. The minimum Gasteiger partial charge on any atom is -0.468 e. The van der Waals surface area contributed by atoms with E-state index in [1.165, 1.54) is 7.11 Å². The standard InChI is InChI=1S/C11H21NO3/c1-4-7-15-8-11(2,10(13)14-3)12-9-5-6-9/h9,12H,4-8H2,1-3H3. The lowest BCUT2D eigenvalue weighted by atomic mass is 10.0. The molecule has 1 N–H and O–H groups in total. The Hall–Kier alpha value is -0.610. The smallest absolute Gasteiger partial charge is 0.328 e. The number of hydrogen-bond acceptors (Lipinski definition) is 4. The number of carbonyl (C=O) groups excluding carboxylic acids is 1. The van der Waals surface area contributed by atoms with E-state index >= 15 is 0 Å². The first-order chi connectivity index (χ1) is 7.12. The summed E-state index contributed by atoms with van der Waals surface area (Å²) in [4.78, 5) is 11.6. The Kier molecular flexibility index (Phi) is 4.54. The maximum atomic E-state index is 11.6. The van der Waals surface area contributed by atoms with Gasteiger partial charge in [-0.2, -0.15) is 0 Å². The molecule has 0 bridgehead atoms. The maximum absolute atomic E-state index is 11.6. The lowest BCUT2D eigenvalue weighted by molar-refractivity contribution is -0.150. The van der Waals surface area contributed by atoms with Crippen molar-refractivity contribution in [2.45, 2.75) is 44.7 Å². The first-order valence-corrected chi connectivity index (χ1v) is 5.56. The number of esters is 1. The molecule has 1 aliphatic rings. The Morgan fingerprint density at radius 2 is 2.20 bits per heavy atom. The molecule has 4 nitrogen and oxygen atoms in total. The van der Waals surface area contributed by atoms with Crippen molar-refractivity contribution in [3.63, 3.8) is 0 Å². The summed E-state index contributed by atoms with van der Waals surface area (Å²) >= 11 is 0. The van der Waals surface area contributed by atoms with E-state index < -0.39 is 5.54 Å². The second-order valence-electron chi connectivity index (χ2n) is 4.29. The van der Waals surface area contributed by atoms with Gasteiger partial charge in [0.2, 0.25) is 0 Å². The Labute approximate surface area is 91.3 Å². The highest BCUT2D eigenvalue weighted by Gasteiger charge is 2.39. The van der Waals surface area contributed by atoms with Crippen LogP contribution in [-0.4, -0.2) is 37.9 Å². The molecular weight excluding hydrogens is 194 g/mol. The molecule has 1 rings (SSSR count). The predicted octanol–water partition coefficient (Wildman–Crippen LogP) is 1.10. The number of ether oxygens (including phenoxy) is 2. The van der Waals surface area contributed by atoms with Gasteiger partial charge in [0, 0.05) is 12.6 Å². The van der Waals surface area contributed by atoms with Crippen LogP contribution in [0.5, 0.6) is 0 Å². The molecule has 0 aromatic rings. The molecule has 0 saturated heterocycles. The predicted molar refractivity (Wildman–Crippen MR) is 57.7 cm³/mol. The zero-order valence-electron chi connectivity index (χ0n) is 9.84. The summed E-state index contributed by atoms with van der Waals surface area (Å²) in [5.74, 6) is -0.245. The van der Waals surface area contributed by atoms with E-state index in [-0.39, 0.29) is 5.97 Å². The fourth-order valence-electron chi connectivity index (χ4n) is 1.48. The van der Waals surface area contributed by atoms with Crippen LogP contribution in [0.15, 0.2) is 0 Å². The summed E-state index contributed by atoms with van der Waals surface area (Å²) in [6, 6.07) is 0.458. The molecule has 1 saturated carbocycles. The van der Waals surface area contributed by atoms with Gasteiger partial charge >= 0.3 is 5.97 Å². The van der Waals surface area contributed by atoms with Gasteiger partial charge in [-0.1, -0.05) is 6.92 Å². The molecule has 1 atom stereocenters. The van der Waals surface area contributed by atoms with Gasteiger partial charge < -0.3 is 9.47 Å². The van der Waals surface area contributed by atoms with Crippen LogP contribution in [-0.2, 0) is 14.3 Å². The molecule has 0 aliphatic heterocycles. The summed E-state index contributed by atoms with van der Waals surface area (Å²) in [5.41, 5.74) is -0.689. The van der Waals surface area contributed by atoms with Gasteiger partial charge in [-0.3, -0.25) is 5.32 Å². The summed E-state index contributed by atoms with van der Waals surface area (Å²) < 4.78 is 10.2. The van der Waals surface area contributed by atoms with Crippen LogP contribution in [0.4, 0.5) is 0 Å². The summed E-state index contributed by atoms with van der Waals surface area (Å²) in [6.07, 6.45) is 3.24. The van der Waals surface area contributed by atoms with E-state index in [1.807, 2.05) is 13.8 Å². The zero-order valence-corrected chi connectivity index (χ0v) is 9.84. The molecule has 1 unspecified atom stereocenters. The van der Waals surface area contributed by atoms with Gasteiger partial charge in [0.05, 0.1) is 13.7 Å². The van der Waals surface area contributed by atoms with Crippen LogP contribution in [0.2, 0.25) is 0 Å². The molecule has 0 aromatic carbocycles. The summed E-state index contributed by atoms with van der Waals surface area (Å²) in [7, 11) is 1.41. The fraction of sp³-hybridized carbons (Fsp3) is 0.909. The van der Waals surface area contributed by atoms with Gasteiger partial charge in [-0.05, 0) is 26.2 Å². The van der Waals surface area contributed by atoms with Crippen LogP contribution in [0.1, 0.15) is 33.1 Å². The normalized spacial score (nSPS) is 19.7. The molecule has 0 aromatic heterocycles. The van der Waals surface area contributed by atoms with Crippen molar-refractivity contribution in [2.24, 2.45) is 0 Å². The summed E-state index contributed by atoms with van der Waals surface area (Å²) in [6.45, 7) is 4.94. The van der Waals surface area contributed by atoms with Crippen LogP contribution >= 0.6 is 0 Å². The zero-order chi connectivity index (χ0) is 11.3. The molecule has 1 aliphatic carbocycles. The first-order valence-electron chi connectivity index (χ1n) is 5.56. The van der Waals surface area contributed by atoms with Crippen LogP contribution in [0, 0.1) is 0 Å². The quantitative estimate of drug-likeness (QED) is 0.510. The number of rotatable bonds is 7. The van der Waals surface area contributed by atoms with Crippen molar-refractivity contribution >= 4 is 5.97 Å². The van der Waals surface area contributed by atoms with E-state index in [4.69, 9.17) is 9.47 Å². The van der Waals surface area contributed by atoms with Crippen molar-refractivity contribution in [2.75, 3.05) is 20.3 Å². The minimum atomic E-state index is -0.689. The molecular formula is C11H21NO3. The van der Waals surface area contributed by atoms with Crippen molar-refractivity contribution in [1.82, 2.24) is 5.32 Å². The second-order valence-corrected chi connectivity index (χ2v) is 4.29. The van der Waals surface area contributed by atoms with Gasteiger partial charge in [0.1, 0.15) is 5.54 Å². The average molecular weight is 215 g/mol. The molecule has 15 heavy (non-hydrogen) atoms. The third kappa shape index (κ3) is 3.80. The van der Waals surface area contributed by atoms with Gasteiger partial charge in [-0.25, -0.2) is 4.79 Å². The third-order valence-electron chi connectivity index (χ3n) is 2.48. The van der Waals surface area contributed by atoms with Crippen LogP contribution in [0.25, 0.3) is 0 Å². The Morgan fingerprint density at radius 1 is 1.53 bits per heavy atom. The minimum absolute atomic E-state index is 0.245. The van der Waals surface area contributed by atoms with Crippen molar-refractivity contribution < 1.29 is 14.3 Å². The molecule has 0 amide bonds. The Bertz CT molecular complexity index is 216. The van der Waals surface area contributed by atoms with Gasteiger partial charge in [0.15, 0.2) is 0 Å². The van der Waals surface area contributed by atoms with E-state index in [1.54, 1.807) is 0 Å². The maximum Gasteiger partial charge on any atom is 0.328 e. The highest BCUT2D eigenvalue weighted by Crippen LogP contribution is 2.23. The van der Waals surface area contributed by atoms with Gasteiger partial charge in [-0.15, -0.1) is 0 Å². The number of methoxy groups -OCH3 is 1. The second kappa shape index (κ2) is 5.47. The van der Waals surface area contributed by atoms with Crippen molar-refractivity contribution in [3.05, 3.63) is 0 Å². The highest BCUT2D eigenvalue weighted by atomic mass is 16.5. The number of hydrogen-bond donors (Lipinski definition) is 1. The largest absolute Gasteiger partial charge is 0.468 e. The van der Waals surface area contributed by atoms with E-state index in [0.717, 1.165) is 19.3 Å². The third-order valence-corrected chi connectivity index (χ3v) is 2.48. The van der Waals surface area contributed by atoms with E-state index in [2.05, 4.69) is 5.32 Å². The average Bonchev–Trinajstić information content (AvgIpc) is 3.00. The van der Waals surface area contributed by atoms with Crippen molar-refractivity contribution in [1.29, 1.82) is 0 Å². The molecule has 1 fully saturated rings. The lowest BCUT2D eigenvalue weighted by Gasteiger charge is -2.27. The molecule has 4 heteroatoms. The summed E-state index contributed by atoms with van der Waals surface area (Å²) in [5, 5.41) is 3.28. The SMILES string of the molecule is CCCOCC(C)(NC1CC1)C(=O)OC. The van der Waals surface area contributed by atoms with Crippen molar-refractivity contribution in [3.8, 4) is 0 Å².